The normalized spacial score (nSPS) is 25.8. The van der Waals surface area contributed by atoms with E-state index < -0.39 is 56.6 Å². The fourth-order valence-electron chi connectivity index (χ4n) is 2.08. The van der Waals surface area contributed by atoms with Crippen molar-refractivity contribution in [1.29, 1.82) is 0 Å². The van der Waals surface area contributed by atoms with Crippen LogP contribution in [0.5, 0.6) is 0 Å². The van der Waals surface area contributed by atoms with Gasteiger partial charge in [0.2, 0.25) is 9.84 Å². The molecule has 0 aromatic heterocycles. The van der Waals surface area contributed by atoms with Crippen LogP contribution in [0.15, 0.2) is 23.1 Å². The van der Waals surface area contributed by atoms with Crippen LogP contribution < -0.4 is 0 Å². The van der Waals surface area contributed by atoms with Gasteiger partial charge in [-0.2, -0.15) is 39.5 Å². The zero-order chi connectivity index (χ0) is 18.8. The van der Waals surface area contributed by atoms with Crippen molar-refractivity contribution in [2.45, 2.75) is 41.9 Å². The lowest BCUT2D eigenvalue weighted by atomic mass is 10.1. The molecule has 3 nitrogen and oxygen atoms in total. The summed E-state index contributed by atoms with van der Waals surface area (Å²) in [6.07, 6.45) is -7.39. The fourth-order valence-corrected chi connectivity index (χ4v) is 3.57. The number of fused-ring (bicyclic) bond motifs is 2. The first-order valence-corrected chi connectivity index (χ1v) is 7.53. The number of rotatable bonds is 4. The van der Waals surface area contributed by atoms with E-state index in [1.807, 2.05) is 0 Å². The summed E-state index contributed by atoms with van der Waals surface area (Å²) in [7, 11) is -6.51. The van der Waals surface area contributed by atoms with Gasteiger partial charge in [-0.15, -0.1) is 0 Å². The minimum atomic E-state index is -7.26. The van der Waals surface area contributed by atoms with Crippen molar-refractivity contribution in [3.8, 4) is 0 Å². The molecule has 24 heavy (non-hydrogen) atoms. The first-order chi connectivity index (χ1) is 10.6. The van der Waals surface area contributed by atoms with E-state index in [1.54, 1.807) is 0 Å². The van der Waals surface area contributed by atoms with Gasteiger partial charge >= 0.3 is 23.3 Å². The first kappa shape index (κ1) is 19.1. The van der Waals surface area contributed by atoms with Gasteiger partial charge in [-0.3, -0.25) is 0 Å². The number of ether oxygens (including phenoxy) is 1. The van der Waals surface area contributed by atoms with Gasteiger partial charge in [-0.25, -0.2) is 8.42 Å². The summed E-state index contributed by atoms with van der Waals surface area (Å²) in [4.78, 5) is -1.39. The summed E-state index contributed by atoms with van der Waals surface area (Å²) < 4.78 is 144. The molecule has 138 valence electrons. The Bertz CT molecular complexity index is 690. The highest BCUT2D eigenvalue weighted by atomic mass is 32.2. The van der Waals surface area contributed by atoms with E-state index in [9.17, 15) is 47.9 Å². The monoisotopic (exact) mass is 390 g/mol. The molecule has 0 unspecified atom stereocenters. The van der Waals surface area contributed by atoms with Crippen LogP contribution in [-0.2, 0) is 14.6 Å². The van der Waals surface area contributed by atoms with Crippen molar-refractivity contribution in [1.82, 2.24) is 0 Å². The van der Waals surface area contributed by atoms with Gasteiger partial charge in [0.05, 0.1) is 17.1 Å². The highest BCUT2D eigenvalue weighted by molar-refractivity contribution is 7.96. The third-order valence-electron chi connectivity index (χ3n) is 3.40. The largest absolute Gasteiger partial charge is 0.460 e. The quantitative estimate of drug-likeness (QED) is 0.546. The molecule has 0 N–H and O–H groups in total. The predicted molar refractivity (Wildman–Crippen MR) is 60.3 cm³/mol. The standard InChI is InChI=1S/C11H7F9O3S/c12-8(13,10(16,17)18)9(14,15)11(19,20)24(21,22)7-3-5-1-2-6(4-7)23-5/h1-3,5-6H,4H2/t5-,6+/m0/s1. The lowest BCUT2D eigenvalue weighted by molar-refractivity contribution is -0.382. The second-order valence-electron chi connectivity index (χ2n) is 5.03. The summed E-state index contributed by atoms with van der Waals surface area (Å²) in [6.45, 7) is 0. The maximum absolute atomic E-state index is 13.6. The molecule has 2 aliphatic rings. The van der Waals surface area contributed by atoms with Crippen molar-refractivity contribution < 1.29 is 52.7 Å². The van der Waals surface area contributed by atoms with E-state index in [4.69, 9.17) is 4.74 Å². The Kier molecular flexibility index (Phi) is 4.08. The van der Waals surface area contributed by atoms with Crippen LogP contribution in [0.25, 0.3) is 0 Å². The topological polar surface area (TPSA) is 43.4 Å². The molecule has 2 bridgehead atoms. The number of hydrogen-bond acceptors (Lipinski definition) is 3. The number of hydrogen-bond donors (Lipinski definition) is 0. The van der Waals surface area contributed by atoms with Gasteiger partial charge in [0.15, 0.2) is 0 Å². The molecule has 0 fully saturated rings. The third kappa shape index (κ3) is 2.43. The minimum absolute atomic E-state index is 0.449. The molecule has 0 aromatic rings. The number of sulfone groups is 1. The molecule has 0 saturated carbocycles. The van der Waals surface area contributed by atoms with Crippen molar-refractivity contribution in [2.75, 3.05) is 0 Å². The van der Waals surface area contributed by atoms with Gasteiger partial charge in [0.25, 0.3) is 0 Å². The van der Waals surface area contributed by atoms with Gasteiger partial charge < -0.3 is 4.74 Å². The molecule has 0 saturated heterocycles. The van der Waals surface area contributed by atoms with Crippen LogP contribution in [0.2, 0.25) is 0 Å². The fraction of sp³-hybridized carbons (Fsp3) is 0.636. The van der Waals surface area contributed by atoms with Crippen LogP contribution >= 0.6 is 0 Å². The summed E-state index contributed by atoms with van der Waals surface area (Å²) in [5.74, 6) is -14.5. The molecule has 2 atom stereocenters. The Morgan fingerprint density at radius 3 is 1.92 bits per heavy atom. The van der Waals surface area contributed by atoms with Crippen LogP contribution in [0.4, 0.5) is 39.5 Å². The van der Waals surface area contributed by atoms with E-state index in [2.05, 4.69) is 0 Å². The maximum atomic E-state index is 13.6. The average Bonchev–Trinajstić information content (AvgIpc) is 2.75. The van der Waals surface area contributed by atoms with Gasteiger partial charge in [0, 0.05) is 6.42 Å². The lowest BCUT2D eigenvalue weighted by Crippen LogP contribution is -2.63. The van der Waals surface area contributed by atoms with E-state index in [0.29, 0.717) is 6.08 Å². The first-order valence-electron chi connectivity index (χ1n) is 6.05. The Morgan fingerprint density at radius 1 is 0.917 bits per heavy atom. The molecule has 2 heterocycles. The number of halogens is 9. The van der Waals surface area contributed by atoms with E-state index in [0.717, 1.165) is 0 Å². The summed E-state index contributed by atoms with van der Waals surface area (Å²) in [5.41, 5.74) is 0. The molecule has 2 aliphatic heterocycles. The predicted octanol–water partition coefficient (Wildman–Crippen LogP) is 3.44. The van der Waals surface area contributed by atoms with Crippen LogP contribution in [-0.4, -0.2) is 43.9 Å². The van der Waals surface area contributed by atoms with Gasteiger partial charge in [-0.05, 0) is 6.08 Å². The second-order valence-corrected chi connectivity index (χ2v) is 7.07. The highest BCUT2D eigenvalue weighted by Crippen LogP contribution is 2.56. The molecule has 0 aliphatic carbocycles. The average molecular weight is 390 g/mol. The molecular weight excluding hydrogens is 383 g/mol. The number of alkyl halides is 9. The molecule has 0 aromatic carbocycles. The summed E-state index contributed by atoms with van der Waals surface area (Å²) in [5, 5.41) is -6.69. The van der Waals surface area contributed by atoms with Crippen LogP contribution in [0.1, 0.15) is 6.42 Å². The van der Waals surface area contributed by atoms with Crippen LogP contribution in [0.3, 0.4) is 0 Å². The minimum Gasteiger partial charge on any atom is -0.362 e. The van der Waals surface area contributed by atoms with E-state index in [-0.39, 0.29) is 0 Å². The third-order valence-corrected chi connectivity index (χ3v) is 5.32. The maximum Gasteiger partial charge on any atom is 0.460 e. The SMILES string of the molecule is O=S(=O)(C1=C[C@@H]2C=C[C@H](C1)O2)C(F)(F)C(F)(F)C(F)(F)C(F)(F)F. The molecule has 2 rings (SSSR count). The molecule has 0 radical (unpaired) electrons. The zero-order valence-corrected chi connectivity index (χ0v) is 11.9. The molecule has 0 spiro atoms. The van der Waals surface area contributed by atoms with E-state index >= 15 is 0 Å². The van der Waals surface area contributed by atoms with Crippen molar-refractivity contribution >= 4 is 9.84 Å². The Labute approximate surface area is 128 Å². The summed E-state index contributed by atoms with van der Waals surface area (Å²) >= 11 is 0. The van der Waals surface area contributed by atoms with Crippen molar-refractivity contribution in [2.24, 2.45) is 0 Å². The Morgan fingerprint density at radius 2 is 1.46 bits per heavy atom. The second kappa shape index (κ2) is 5.13. The summed E-state index contributed by atoms with van der Waals surface area (Å²) in [6, 6.07) is 0. The smallest absolute Gasteiger partial charge is 0.362 e. The Balaban J connectivity index is 2.49. The van der Waals surface area contributed by atoms with Gasteiger partial charge in [-0.1, -0.05) is 12.2 Å². The van der Waals surface area contributed by atoms with E-state index in [1.165, 1.54) is 12.2 Å². The van der Waals surface area contributed by atoms with Crippen molar-refractivity contribution in [3.63, 3.8) is 0 Å². The van der Waals surface area contributed by atoms with Crippen LogP contribution in [0, 0.1) is 0 Å². The zero-order valence-electron chi connectivity index (χ0n) is 11.1. The molecule has 13 heteroatoms. The molecule has 0 amide bonds. The Hall–Kier alpha value is -1.24. The lowest BCUT2D eigenvalue weighted by Gasteiger charge is -2.34. The van der Waals surface area contributed by atoms with Crippen molar-refractivity contribution in [3.05, 3.63) is 23.1 Å². The highest BCUT2D eigenvalue weighted by Gasteiger charge is 2.85. The van der Waals surface area contributed by atoms with Gasteiger partial charge in [0.1, 0.15) is 0 Å². The molecular formula is C11H7F9O3S.